The molecule has 0 spiro atoms. The summed E-state index contributed by atoms with van der Waals surface area (Å²) in [6.07, 6.45) is 3.64. The largest absolute Gasteiger partial charge is 0.330 e. The smallest absolute Gasteiger partial charge is 0.0451 e. The van der Waals surface area contributed by atoms with Crippen molar-refractivity contribution in [2.45, 2.75) is 39.7 Å². The zero-order valence-corrected chi connectivity index (χ0v) is 13.2. The van der Waals surface area contributed by atoms with Gasteiger partial charge in [0.25, 0.3) is 0 Å². The Balaban J connectivity index is 2.25. The molecule has 0 fully saturated rings. The number of nitrogens with two attached hydrogens (primary N) is 1. The molecule has 1 rings (SSSR count). The van der Waals surface area contributed by atoms with Gasteiger partial charge in [-0.25, -0.2) is 0 Å². The van der Waals surface area contributed by atoms with Crippen LogP contribution in [0.3, 0.4) is 0 Å². The SMILES string of the molecule is CN(CCCCC(C)(C)CN)Cc1ccccc1Cl. The van der Waals surface area contributed by atoms with E-state index < -0.39 is 0 Å². The highest BCUT2D eigenvalue weighted by Gasteiger charge is 2.14. The lowest BCUT2D eigenvalue weighted by atomic mass is 9.87. The Labute approximate surface area is 122 Å². The van der Waals surface area contributed by atoms with Gasteiger partial charge in [-0.1, -0.05) is 50.1 Å². The predicted molar refractivity (Wildman–Crippen MR) is 84.5 cm³/mol. The fraction of sp³-hybridized carbons (Fsp3) is 0.625. The van der Waals surface area contributed by atoms with Crippen LogP contribution in [0.4, 0.5) is 0 Å². The minimum absolute atomic E-state index is 0.279. The van der Waals surface area contributed by atoms with Crippen LogP contribution in [0, 0.1) is 5.41 Å². The topological polar surface area (TPSA) is 29.3 Å². The van der Waals surface area contributed by atoms with Crippen LogP contribution < -0.4 is 5.73 Å². The van der Waals surface area contributed by atoms with E-state index in [9.17, 15) is 0 Å². The minimum Gasteiger partial charge on any atom is -0.330 e. The summed E-state index contributed by atoms with van der Waals surface area (Å²) in [5.74, 6) is 0. The zero-order chi connectivity index (χ0) is 14.3. The van der Waals surface area contributed by atoms with Crippen LogP contribution in [0.15, 0.2) is 24.3 Å². The van der Waals surface area contributed by atoms with Crippen LogP contribution >= 0.6 is 11.6 Å². The van der Waals surface area contributed by atoms with Crippen molar-refractivity contribution in [3.63, 3.8) is 0 Å². The molecule has 0 saturated carbocycles. The highest BCUT2D eigenvalue weighted by atomic mass is 35.5. The Morgan fingerprint density at radius 1 is 1.21 bits per heavy atom. The molecule has 0 radical (unpaired) electrons. The molecule has 2 nitrogen and oxygen atoms in total. The first-order valence-electron chi connectivity index (χ1n) is 7.06. The van der Waals surface area contributed by atoms with E-state index in [1.54, 1.807) is 0 Å². The Bertz CT molecular complexity index is 377. The third kappa shape index (κ3) is 6.42. The Morgan fingerprint density at radius 2 is 1.89 bits per heavy atom. The first-order valence-corrected chi connectivity index (χ1v) is 7.44. The molecule has 108 valence electrons. The quantitative estimate of drug-likeness (QED) is 0.732. The molecule has 1 aromatic carbocycles. The molecule has 0 aromatic heterocycles. The van der Waals surface area contributed by atoms with Crippen molar-refractivity contribution in [3.05, 3.63) is 34.9 Å². The van der Waals surface area contributed by atoms with Crippen LogP contribution in [0.25, 0.3) is 0 Å². The van der Waals surface area contributed by atoms with Gasteiger partial charge in [-0.15, -0.1) is 0 Å². The van der Waals surface area contributed by atoms with E-state index in [1.807, 2.05) is 18.2 Å². The molecule has 2 N–H and O–H groups in total. The summed E-state index contributed by atoms with van der Waals surface area (Å²) < 4.78 is 0. The normalized spacial score (nSPS) is 12.1. The lowest BCUT2D eigenvalue weighted by molar-refractivity contribution is 0.289. The average Bonchev–Trinajstić information content (AvgIpc) is 2.38. The number of benzene rings is 1. The van der Waals surface area contributed by atoms with E-state index in [0.717, 1.165) is 24.7 Å². The summed E-state index contributed by atoms with van der Waals surface area (Å²) in [7, 11) is 2.15. The van der Waals surface area contributed by atoms with E-state index in [1.165, 1.54) is 24.8 Å². The van der Waals surface area contributed by atoms with Gasteiger partial charge in [-0.3, -0.25) is 0 Å². The molecule has 0 heterocycles. The maximum atomic E-state index is 6.17. The molecular formula is C16H27ClN2. The summed E-state index contributed by atoms with van der Waals surface area (Å²) in [6.45, 7) is 7.26. The third-order valence-corrected chi connectivity index (χ3v) is 3.96. The molecule has 3 heteroatoms. The summed E-state index contributed by atoms with van der Waals surface area (Å²) in [4.78, 5) is 2.33. The molecule has 0 aliphatic rings. The van der Waals surface area contributed by atoms with E-state index in [4.69, 9.17) is 17.3 Å². The highest BCUT2D eigenvalue weighted by Crippen LogP contribution is 2.21. The number of hydrogen-bond donors (Lipinski definition) is 1. The van der Waals surface area contributed by atoms with Crippen molar-refractivity contribution in [1.82, 2.24) is 4.90 Å². The summed E-state index contributed by atoms with van der Waals surface area (Å²) >= 11 is 6.17. The van der Waals surface area contributed by atoms with Crippen molar-refractivity contribution in [2.24, 2.45) is 11.1 Å². The van der Waals surface area contributed by atoms with Gasteiger partial charge in [-0.2, -0.15) is 0 Å². The first-order chi connectivity index (χ1) is 8.94. The Kier molecular flexibility index (Phi) is 6.84. The molecule has 0 bridgehead atoms. The Hall–Kier alpha value is -0.570. The number of rotatable bonds is 8. The second-order valence-corrected chi connectivity index (χ2v) is 6.56. The molecule has 0 atom stereocenters. The van der Waals surface area contributed by atoms with E-state index in [0.29, 0.717) is 0 Å². The molecule has 0 saturated heterocycles. The molecule has 19 heavy (non-hydrogen) atoms. The van der Waals surface area contributed by atoms with Crippen molar-refractivity contribution in [3.8, 4) is 0 Å². The van der Waals surface area contributed by atoms with Gasteiger partial charge >= 0.3 is 0 Å². The van der Waals surface area contributed by atoms with Gasteiger partial charge in [0, 0.05) is 11.6 Å². The average molecular weight is 283 g/mol. The third-order valence-electron chi connectivity index (χ3n) is 3.59. The van der Waals surface area contributed by atoms with Gasteiger partial charge < -0.3 is 10.6 Å². The molecule has 0 aliphatic heterocycles. The standard InChI is InChI=1S/C16H27ClN2/c1-16(2,13-18)10-6-7-11-19(3)12-14-8-4-5-9-15(14)17/h4-5,8-9H,6-7,10-13,18H2,1-3H3. The fourth-order valence-electron chi connectivity index (χ4n) is 2.08. The zero-order valence-electron chi connectivity index (χ0n) is 12.5. The van der Waals surface area contributed by atoms with Crippen molar-refractivity contribution in [1.29, 1.82) is 0 Å². The van der Waals surface area contributed by atoms with Crippen molar-refractivity contribution in [2.75, 3.05) is 20.1 Å². The van der Waals surface area contributed by atoms with Crippen LogP contribution in [-0.2, 0) is 6.54 Å². The van der Waals surface area contributed by atoms with E-state index in [2.05, 4.69) is 31.9 Å². The van der Waals surface area contributed by atoms with Crippen LogP contribution in [-0.4, -0.2) is 25.0 Å². The van der Waals surface area contributed by atoms with Crippen molar-refractivity contribution < 1.29 is 0 Å². The second kappa shape index (κ2) is 7.88. The van der Waals surface area contributed by atoms with Gasteiger partial charge in [0.05, 0.1) is 0 Å². The molecule has 0 aliphatic carbocycles. The van der Waals surface area contributed by atoms with E-state index in [-0.39, 0.29) is 5.41 Å². The predicted octanol–water partition coefficient (Wildman–Crippen LogP) is 3.93. The number of hydrogen-bond acceptors (Lipinski definition) is 2. The van der Waals surface area contributed by atoms with Gasteiger partial charge in [0.1, 0.15) is 0 Å². The molecule has 0 unspecified atom stereocenters. The maximum absolute atomic E-state index is 6.17. The highest BCUT2D eigenvalue weighted by molar-refractivity contribution is 6.31. The lowest BCUT2D eigenvalue weighted by Crippen LogP contribution is -2.24. The van der Waals surface area contributed by atoms with E-state index >= 15 is 0 Å². The summed E-state index contributed by atoms with van der Waals surface area (Å²) in [5, 5.41) is 0.860. The Morgan fingerprint density at radius 3 is 2.53 bits per heavy atom. The number of halogens is 1. The number of nitrogens with zero attached hydrogens (tertiary/aromatic N) is 1. The molecule has 1 aromatic rings. The maximum Gasteiger partial charge on any atom is 0.0451 e. The van der Waals surface area contributed by atoms with Gasteiger partial charge in [-0.05, 0) is 50.0 Å². The van der Waals surface area contributed by atoms with Crippen LogP contribution in [0.5, 0.6) is 0 Å². The fourth-order valence-corrected chi connectivity index (χ4v) is 2.28. The van der Waals surface area contributed by atoms with Gasteiger partial charge in [0.2, 0.25) is 0 Å². The number of unbranched alkanes of at least 4 members (excludes halogenated alkanes) is 1. The van der Waals surface area contributed by atoms with Crippen LogP contribution in [0.1, 0.15) is 38.7 Å². The summed E-state index contributed by atoms with van der Waals surface area (Å²) in [5.41, 5.74) is 7.22. The van der Waals surface area contributed by atoms with Crippen LogP contribution in [0.2, 0.25) is 5.02 Å². The monoisotopic (exact) mass is 282 g/mol. The van der Waals surface area contributed by atoms with Crippen molar-refractivity contribution >= 4 is 11.6 Å². The van der Waals surface area contributed by atoms with Gasteiger partial charge in [0.15, 0.2) is 0 Å². The molecular weight excluding hydrogens is 256 g/mol. The summed E-state index contributed by atoms with van der Waals surface area (Å²) in [6, 6.07) is 8.06. The second-order valence-electron chi connectivity index (χ2n) is 6.15. The lowest BCUT2D eigenvalue weighted by Gasteiger charge is -2.23. The molecule has 0 amide bonds. The minimum atomic E-state index is 0.279. The first kappa shape index (κ1) is 16.5.